The number of rotatable bonds is 4. The van der Waals surface area contributed by atoms with Gasteiger partial charge in [-0.1, -0.05) is 29.5 Å². The number of carboxylic acid groups (broad SMARTS) is 1. The topological polar surface area (TPSA) is 88.0 Å². The maximum Gasteiger partial charge on any atom is 0.356 e. The minimum absolute atomic E-state index is 0.124. The Balaban J connectivity index is 1.87. The second-order valence-electron chi connectivity index (χ2n) is 5.09. The van der Waals surface area contributed by atoms with Crippen molar-refractivity contribution in [3.8, 4) is 0 Å². The normalized spacial score (nSPS) is 10.9. The molecule has 2 aromatic heterocycles. The van der Waals surface area contributed by atoms with Crippen LogP contribution in [0.25, 0.3) is 10.3 Å². The van der Waals surface area contributed by atoms with E-state index in [0.29, 0.717) is 16.4 Å². The van der Waals surface area contributed by atoms with Crippen molar-refractivity contribution in [2.45, 2.75) is 20.4 Å². The molecule has 3 aromatic rings. The fourth-order valence-corrected chi connectivity index (χ4v) is 3.16. The van der Waals surface area contributed by atoms with E-state index < -0.39 is 5.97 Å². The molecule has 6 nitrogen and oxygen atoms in total. The molecule has 2 N–H and O–H groups in total. The molecule has 0 aliphatic rings. The van der Waals surface area contributed by atoms with Crippen LogP contribution in [-0.2, 0) is 6.54 Å². The summed E-state index contributed by atoms with van der Waals surface area (Å²) in [7, 11) is 0. The Morgan fingerprint density at radius 3 is 2.74 bits per heavy atom. The van der Waals surface area contributed by atoms with Gasteiger partial charge in [-0.2, -0.15) is 9.97 Å². The van der Waals surface area contributed by atoms with Crippen molar-refractivity contribution in [1.82, 2.24) is 15.0 Å². The predicted molar refractivity (Wildman–Crippen MR) is 90.4 cm³/mol. The minimum atomic E-state index is -1.15. The van der Waals surface area contributed by atoms with Crippen LogP contribution in [0.2, 0.25) is 5.28 Å². The lowest BCUT2D eigenvalue weighted by molar-refractivity contribution is 0.0693. The smallest absolute Gasteiger partial charge is 0.356 e. The summed E-state index contributed by atoms with van der Waals surface area (Å²) in [6, 6.07) is 6.22. The van der Waals surface area contributed by atoms with E-state index in [1.807, 2.05) is 6.07 Å². The largest absolute Gasteiger partial charge is 0.476 e. The van der Waals surface area contributed by atoms with Crippen molar-refractivity contribution >= 4 is 44.4 Å². The first-order valence-electron chi connectivity index (χ1n) is 6.81. The Morgan fingerprint density at radius 1 is 1.26 bits per heavy atom. The molecule has 23 heavy (non-hydrogen) atoms. The van der Waals surface area contributed by atoms with E-state index in [4.69, 9.17) is 11.6 Å². The van der Waals surface area contributed by atoms with Gasteiger partial charge < -0.3 is 10.4 Å². The zero-order valence-corrected chi connectivity index (χ0v) is 14.0. The third kappa shape index (κ3) is 3.25. The number of carboxylic acids is 1. The zero-order valence-electron chi connectivity index (χ0n) is 12.4. The van der Waals surface area contributed by atoms with Crippen molar-refractivity contribution in [3.05, 3.63) is 45.9 Å². The molecule has 0 amide bonds. The van der Waals surface area contributed by atoms with E-state index in [1.54, 1.807) is 0 Å². The number of fused-ring (bicyclic) bond motifs is 1. The molecule has 0 aliphatic heterocycles. The number of hydrogen-bond donors (Lipinski definition) is 2. The molecule has 0 saturated heterocycles. The number of anilines is 1. The second-order valence-corrected chi connectivity index (χ2v) is 6.43. The van der Waals surface area contributed by atoms with Gasteiger partial charge in [-0.3, -0.25) is 0 Å². The summed E-state index contributed by atoms with van der Waals surface area (Å²) >= 11 is 6.94. The van der Waals surface area contributed by atoms with Crippen LogP contribution in [0, 0.1) is 13.8 Å². The molecule has 0 spiro atoms. The summed E-state index contributed by atoms with van der Waals surface area (Å²) in [6.45, 7) is 4.72. The highest BCUT2D eigenvalue weighted by Crippen LogP contribution is 2.28. The lowest BCUT2D eigenvalue weighted by Gasteiger charge is -2.05. The van der Waals surface area contributed by atoms with Gasteiger partial charge in [0, 0.05) is 6.54 Å². The van der Waals surface area contributed by atoms with Crippen LogP contribution in [0.1, 0.15) is 27.2 Å². The van der Waals surface area contributed by atoms with E-state index in [-0.39, 0.29) is 16.6 Å². The highest BCUT2D eigenvalue weighted by molar-refractivity contribution is 7.22. The van der Waals surface area contributed by atoms with Crippen molar-refractivity contribution in [2.24, 2.45) is 0 Å². The van der Waals surface area contributed by atoms with Gasteiger partial charge >= 0.3 is 5.97 Å². The van der Waals surface area contributed by atoms with Crippen LogP contribution in [0.3, 0.4) is 0 Å². The number of aryl methyl sites for hydroxylation is 2. The van der Waals surface area contributed by atoms with E-state index in [2.05, 4.69) is 46.2 Å². The Labute approximate surface area is 141 Å². The number of benzene rings is 1. The molecular formula is C15H13ClN4O2S. The van der Waals surface area contributed by atoms with Gasteiger partial charge in [-0.15, -0.1) is 0 Å². The van der Waals surface area contributed by atoms with Gasteiger partial charge in [0.25, 0.3) is 0 Å². The number of carbonyl (C=O) groups is 1. The first-order chi connectivity index (χ1) is 10.9. The lowest BCUT2D eigenvalue weighted by atomic mass is 10.1. The fraction of sp³-hybridized carbons (Fsp3) is 0.200. The molecule has 2 heterocycles. The van der Waals surface area contributed by atoms with Gasteiger partial charge in [0.1, 0.15) is 4.70 Å². The molecule has 1 aromatic carbocycles. The molecule has 0 aliphatic carbocycles. The van der Waals surface area contributed by atoms with Crippen molar-refractivity contribution in [1.29, 1.82) is 0 Å². The SMILES string of the molecule is Cc1ccc(CNc2nc3nc(Cl)nc(C(=O)O)c3s2)cc1C. The standard InChI is InChI=1S/C15H13ClN4O2S/c1-7-3-4-9(5-8(7)2)6-17-15-20-12-11(23-15)10(13(21)22)18-14(16)19-12/h3-5H,6H2,1-2H3,(H,21,22)(H,17,18,19,20). The third-order valence-corrected chi connectivity index (χ3v) is 4.62. The molecule has 3 rings (SSSR count). The zero-order chi connectivity index (χ0) is 16.6. The molecular weight excluding hydrogens is 336 g/mol. The molecule has 8 heteroatoms. The molecule has 0 radical (unpaired) electrons. The average Bonchev–Trinajstić information content (AvgIpc) is 2.90. The average molecular weight is 349 g/mol. The number of halogens is 1. The van der Waals surface area contributed by atoms with Crippen LogP contribution in [0.4, 0.5) is 5.13 Å². The summed E-state index contributed by atoms with van der Waals surface area (Å²) in [5.41, 5.74) is 3.74. The van der Waals surface area contributed by atoms with Crippen molar-refractivity contribution in [3.63, 3.8) is 0 Å². The molecule has 0 bridgehead atoms. The highest BCUT2D eigenvalue weighted by atomic mass is 35.5. The number of aromatic nitrogens is 3. The van der Waals surface area contributed by atoms with E-state index in [9.17, 15) is 9.90 Å². The molecule has 118 valence electrons. The van der Waals surface area contributed by atoms with Crippen LogP contribution >= 0.6 is 22.9 Å². The van der Waals surface area contributed by atoms with E-state index in [0.717, 1.165) is 5.56 Å². The highest BCUT2D eigenvalue weighted by Gasteiger charge is 2.17. The third-order valence-electron chi connectivity index (χ3n) is 3.44. The Morgan fingerprint density at radius 2 is 2.04 bits per heavy atom. The Hall–Kier alpha value is -2.25. The molecule has 0 unspecified atom stereocenters. The first kappa shape index (κ1) is 15.6. The minimum Gasteiger partial charge on any atom is -0.476 e. The van der Waals surface area contributed by atoms with E-state index in [1.165, 1.54) is 22.5 Å². The Bertz CT molecular complexity index is 910. The summed E-state index contributed by atoms with van der Waals surface area (Å²) in [5, 5.41) is 12.8. The number of nitrogens with zero attached hydrogens (tertiary/aromatic N) is 3. The quantitative estimate of drug-likeness (QED) is 0.699. The van der Waals surface area contributed by atoms with Crippen molar-refractivity contribution in [2.75, 3.05) is 5.32 Å². The summed E-state index contributed by atoms with van der Waals surface area (Å²) < 4.78 is 0.407. The lowest BCUT2D eigenvalue weighted by Crippen LogP contribution is -2.01. The monoisotopic (exact) mass is 348 g/mol. The summed E-state index contributed by atoms with van der Waals surface area (Å²) in [5.74, 6) is -1.15. The van der Waals surface area contributed by atoms with Gasteiger partial charge in [-0.25, -0.2) is 9.78 Å². The van der Waals surface area contributed by atoms with E-state index >= 15 is 0 Å². The number of thiazole rings is 1. The van der Waals surface area contributed by atoms with Gasteiger partial charge in [0.05, 0.1) is 0 Å². The molecule has 0 atom stereocenters. The predicted octanol–water partition coefficient (Wildman–Crippen LogP) is 3.67. The fourth-order valence-electron chi connectivity index (χ4n) is 2.11. The van der Waals surface area contributed by atoms with Gasteiger partial charge in [0.15, 0.2) is 16.5 Å². The van der Waals surface area contributed by atoms with Crippen LogP contribution in [0.5, 0.6) is 0 Å². The van der Waals surface area contributed by atoms with Crippen molar-refractivity contribution < 1.29 is 9.90 Å². The summed E-state index contributed by atoms with van der Waals surface area (Å²) in [4.78, 5) is 23.2. The maximum atomic E-state index is 11.2. The van der Waals surface area contributed by atoms with Crippen LogP contribution in [-0.4, -0.2) is 26.0 Å². The van der Waals surface area contributed by atoms with Crippen LogP contribution in [0.15, 0.2) is 18.2 Å². The second kappa shape index (κ2) is 6.10. The Kier molecular flexibility index (Phi) is 4.14. The first-order valence-corrected chi connectivity index (χ1v) is 8.01. The molecule has 0 saturated carbocycles. The molecule has 0 fully saturated rings. The van der Waals surface area contributed by atoms with Gasteiger partial charge in [0.2, 0.25) is 5.28 Å². The maximum absolute atomic E-state index is 11.2. The van der Waals surface area contributed by atoms with Crippen LogP contribution < -0.4 is 5.32 Å². The number of hydrogen-bond acceptors (Lipinski definition) is 6. The summed E-state index contributed by atoms with van der Waals surface area (Å²) in [6.07, 6.45) is 0. The number of aromatic carboxylic acids is 1. The van der Waals surface area contributed by atoms with Gasteiger partial charge in [-0.05, 0) is 42.1 Å². The number of nitrogens with one attached hydrogen (secondary N) is 1.